The van der Waals surface area contributed by atoms with Crippen molar-refractivity contribution in [3.05, 3.63) is 35.9 Å². The zero-order valence-electron chi connectivity index (χ0n) is 8.78. The highest BCUT2D eigenvalue weighted by molar-refractivity contribution is 5.17. The van der Waals surface area contributed by atoms with Crippen LogP contribution in [0.2, 0.25) is 0 Å². The number of hydrogen-bond donors (Lipinski definition) is 0. The molecule has 0 radical (unpaired) electrons. The number of rotatable bonds is 2. The van der Waals surface area contributed by atoms with Crippen molar-refractivity contribution in [3.8, 4) is 0 Å². The first-order chi connectivity index (χ1) is 6.90. The molecule has 2 atom stereocenters. The van der Waals surface area contributed by atoms with E-state index >= 15 is 0 Å². The van der Waals surface area contributed by atoms with Gasteiger partial charge in [0.05, 0.1) is 12.2 Å². The minimum Gasteiger partial charge on any atom is -0.370 e. The molecule has 14 heavy (non-hydrogen) atoms. The van der Waals surface area contributed by atoms with Gasteiger partial charge in [0.2, 0.25) is 0 Å². The van der Waals surface area contributed by atoms with Crippen LogP contribution in [0.1, 0.15) is 44.3 Å². The third-order valence-corrected chi connectivity index (χ3v) is 2.98. The Bertz CT molecular complexity index is 268. The number of benzene rings is 1. The molecule has 0 amide bonds. The number of ether oxygens (including phenoxy) is 1. The van der Waals surface area contributed by atoms with Crippen LogP contribution in [0.25, 0.3) is 0 Å². The zero-order valence-corrected chi connectivity index (χ0v) is 8.78. The number of hydrogen-bond acceptors (Lipinski definition) is 1. The van der Waals surface area contributed by atoms with Gasteiger partial charge in [0.15, 0.2) is 0 Å². The van der Waals surface area contributed by atoms with Crippen LogP contribution in [-0.4, -0.2) is 6.10 Å². The van der Waals surface area contributed by atoms with E-state index in [2.05, 4.69) is 37.3 Å². The van der Waals surface area contributed by atoms with E-state index in [-0.39, 0.29) is 0 Å². The standard InChI is InChI=1S/C13H18O/c1-2-12-9-6-10-13(14-12)11-7-4-3-5-8-11/h3-5,7-8,12-13H,2,6,9-10H2,1H3/t12-,13-/m0/s1. The van der Waals surface area contributed by atoms with Gasteiger partial charge in [0.25, 0.3) is 0 Å². The smallest absolute Gasteiger partial charge is 0.0828 e. The molecule has 1 aliphatic rings. The molecular formula is C13H18O. The highest BCUT2D eigenvalue weighted by Gasteiger charge is 2.21. The second kappa shape index (κ2) is 4.61. The van der Waals surface area contributed by atoms with Crippen molar-refractivity contribution >= 4 is 0 Å². The van der Waals surface area contributed by atoms with Crippen LogP contribution in [-0.2, 0) is 4.74 Å². The van der Waals surface area contributed by atoms with Gasteiger partial charge >= 0.3 is 0 Å². The van der Waals surface area contributed by atoms with Crippen molar-refractivity contribution in [1.29, 1.82) is 0 Å². The summed E-state index contributed by atoms with van der Waals surface area (Å²) in [5.74, 6) is 0. The average molecular weight is 190 g/mol. The predicted molar refractivity (Wildman–Crippen MR) is 58.2 cm³/mol. The van der Waals surface area contributed by atoms with E-state index in [0.717, 1.165) is 6.42 Å². The highest BCUT2D eigenvalue weighted by atomic mass is 16.5. The van der Waals surface area contributed by atoms with E-state index in [0.29, 0.717) is 12.2 Å². The maximum Gasteiger partial charge on any atom is 0.0828 e. The quantitative estimate of drug-likeness (QED) is 0.690. The van der Waals surface area contributed by atoms with E-state index in [1.807, 2.05) is 0 Å². The molecule has 1 saturated heterocycles. The topological polar surface area (TPSA) is 9.23 Å². The first-order valence-corrected chi connectivity index (χ1v) is 5.60. The van der Waals surface area contributed by atoms with Crippen LogP contribution < -0.4 is 0 Å². The molecule has 0 N–H and O–H groups in total. The molecule has 76 valence electrons. The minimum absolute atomic E-state index is 0.342. The Morgan fingerprint density at radius 3 is 2.71 bits per heavy atom. The third-order valence-electron chi connectivity index (χ3n) is 2.98. The molecule has 1 fully saturated rings. The lowest BCUT2D eigenvalue weighted by Crippen LogP contribution is -2.21. The summed E-state index contributed by atoms with van der Waals surface area (Å²) in [5, 5.41) is 0. The molecule has 1 aromatic carbocycles. The first-order valence-electron chi connectivity index (χ1n) is 5.60. The molecule has 0 aromatic heterocycles. The average Bonchev–Trinajstić information content (AvgIpc) is 2.30. The first kappa shape index (κ1) is 9.72. The van der Waals surface area contributed by atoms with Gasteiger partial charge in [-0.15, -0.1) is 0 Å². The SMILES string of the molecule is CC[C@H]1CCC[C@@H](c2ccccc2)O1. The molecule has 1 heterocycles. The van der Waals surface area contributed by atoms with Crippen LogP contribution in [0.4, 0.5) is 0 Å². The van der Waals surface area contributed by atoms with E-state index < -0.39 is 0 Å². The van der Waals surface area contributed by atoms with Crippen molar-refractivity contribution in [2.24, 2.45) is 0 Å². The maximum atomic E-state index is 6.02. The normalized spacial score (nSPS) is 27.5. The van der Waals surface area contributed by atoms with Gasteiger partial charge in [-0.3, -0.25) is 0 Å². The monoisotopic (exact) mass is 190 g/mol. The van der Waals surface area contributed by atoms with E-state index in [4.69, 9.17) is 4.74 Å². The summed E-state index contributed by atoms with van der Waals surface area (Å²) in [6.07, 6.45) is 5.69. The van der Waals surface area contributed by atoms with Gasteiger partial charge in [0, 0.05) is 0 Å². The van der Waals surface area contributed by atoms with E-state index in [1.54, 1.807) is 0 Å². The molecular weight excluding hydrogens is 172 g/mol. The molecule has 1 nitrogen and oxygen atoms in total. The van der Waals surface area contributed by atoms with Gasteiger partial charge in [0.1, 0.15) is 0 Å². The Balaban J connectivity index is 2.04. The van der Waals surface area contributed by atoms with Gasteiger partial charge in [-0.1, -0.05) is 37.3 Å². The summed E-state index contributed by atoms with van der Waals surface area (Å²) >= 11 is 0. The molecule has 2 rings (SSSR count). The highest BCUT2D eigenvalue weighted by Crippen LogP contribution is 2.31. The Hall–Kier alpha value is -0.820. The van der Waals surface area contributed by atoms with Crippen LogP contribution in [0.3, 0.4) is 0 Å². The van der Waals surface area contributed by atoms with Crippen molar-refractivity contribution in [2.45, 2.75) is 44.8 Å². The van der Waals surface area contributed by atoms with E-state index in [1.165, 1.54) is 24.8 Å². The Morgan fingerprint density at radius 2 is 2.00 bits per heavy atom. The summed E-state index contributed by atoms with van der Waals surface area (Å²) in [6, 6.07) is 10.6. The van der Waals surface area contributed by atoms with Crippen molar-refractivity contribution in [1.82, 2.24) is 0 Å². The summed E-state index contributed by atoms with van der Waals surface area (Å²) < 4.78 is 6.02. The second-order valence-electron chi connectivity index (χ2n) is 4.00. The fourth-order valence-corrected chi connectivity index (χ4v) is 2.11. The third kappa shape index (κ3) is 2.16. The van der Waals surface area contributed by atoms with Gasteiger partial charge in [-0.2, -0.15) is 0 Å². The molecule has 1 heteroatoms. The molecule has 0 spiro atoms. The fourth-order valence-electron chi connectivity index (χ4n) is 2.11. The molecule has 0 aliphatic carbocycles. The lowest BCUT2D eigenvalue weighted by Gasteiger charge is -2.29. The van der Waals surface area contributed by atoms with Crippen LogP contribution >= 0.6 is 0 Å². The van der Waals surface area contributed by atoms with Crippen molar-refractivity contribution in [3.63, 3.8) is 0 Å². The summed E-state index contributed by atoms with van der Waals surface area (Å²) in [6.45, 7) is 2.21. The lowest BCUT2D eigenvalue weighted by atomic mass is 9.97. The van der Waals surface area contributed by atoms with E-state index in [9.17, 15) is 0 Å². The predicted octanol–water partition coefficient (Wildman–Crippen LogP) is 3.71. The second-order valence-corrected chi connectivity index (χ2v) is 4.00. The lowest BCUT2D eigenvalue weighted by molar-refractivity contribution is -0.0525. The summed E-state index contributed by atoms with van der Waals surface area (Å²) in [7, 11) is 0. The Labute approximate surface area is 86.1 Å². The van der Waals surface area contributed by atoms with Gasteiger partial charge in [-0.05, 0) is 31.2 Å². The summed E-state index contributed by atoms with van der Waals surface area (Å²) in [4.78, 5) is 0. The fraction of sp³-hybridized carbons (Fsp3) is 0.538. The summed E-state index contributed by atoms with van der Waals surface area (Å²) in [5.41, 5.74) is 1.34. The minimum atomic E-state index is 0.342. The van der Waals surface area contributed by atoms with Crippen molar-refractivity contribution in [2.75, 3.05) is 0 Å². The zero-order chi connectivity index (χ0) is 9.80. The van der Waals surface area contributed by atoms with Crippen molar-refractivity contribution < 1.29 is 4.74 Å². The Kier molecular flexibility index (Phi) is 3.20. The van der Waals surface area contributed by atoms with Crippen LogP contribution in [0.15, 0.2) is 30.3 Å². The molecule has 0 bridgehead atoms. The largest absolute Gasteiger partial charge is 0.370 e. The molecule has 0 unspecified atom stereocenters. The Morgan fingerprint density at radius 1 is 1.21 bits per heavy atom. The molecule has 1 aliphatic heterocycles. The molecule has 1 aromatic rings. The van der Waals surface area contributed by atoms with Crippen LogP contribution in [0, 0.1) is 0 Å². The molecule has 0 saturated carbocycles. The van der Waals surface area contributed by atoms with Crippen LogP contribution in [0.5, 0.6) is 0 Å². The van der Waals surface area contributed by atoms with Gasteiger partial charge < -0.3 is 4.74 Å². The maximum absolute atomic E-state index is 6.02. The van der Waals surface area contributed by atoms with Gasteiger partial charge in [-0.25, -0.2) is 0 Å².